The molecular weight excluding hydrogens is 227 g/mol. The summed E-state index contributed by atoms with van der Waals surface area (Å²) >= 11 is 0. The molecule has 0 fully saturated rings. The van der Waals surface area contributed by atoms with Crippen LogP contribution in [-0.4, -0.2) is 30.9 Å². The van der Waals surface area contributed by atoms with Crippen molar-refractivity contribution in [2.24, 2.45) is 10.9 Å². The molecule has 1 aromatic carbocycles. The summed E-state index contributed by atoms with van der Waals surface area (Å²) in [5.74, 6) is -0.705. The first-order valence-electron chi connectivity index (χ1n) is 5.17. The minimum atomic E-state index is -0.603. The van der Waals surface area contributed by atoms with E-state index in [1.165, 1.54) is 12.1 Å². The Kier molecular flexibility index (Phi) is 5.22. The number of hydrogen-bond donors (Lipinski definition) is 2. The van der Waals surface area contributed by atoms with Gasteiger partial charge in [-0.15, -0.1) is 0 Å². The van der Waals surface area contributed by atoms with Crippen LogP contribution in [0.25, 0.3) is 0 Å². The fourth-order valence-electron chi connectivity index (χ4n) is 1.28. The highest BCUT2D eigenvalue weighted by Crippen LogP contribution is 2.21. The summed E-state index contributed by atoms with van der Waals surface area (Å²) < 4.78 is 23.9. The lowest BCUT2D eigenvalue weighted by atomic mass is 10.1. The lowest BCUT2D eigenvalue weighted by molar-refractivity contribution is 0.110. The molecule has 17 heavy (non-hydrogen) atoms. The maximum atomic E-state index is 13.5. The summed E-state index contributed by atoms with van der Waals surface area (Å²) in [6.07, 6.45) is 0. The van der Waals surface area contributed by atoms with Crippen molar-refractivity contribution in [1.29, 1.82) is 0 Å². The molecule has 0 unspecified atom stereocenters. The molecule has 5 nitrogen and oxygen atoms in total. The Bertz CT molecular complexity index is 396. The second-order valence-corrected chi connectivity index (χ2v) is 3.14. The highest BCUT2D eigenvalue weighted by molar-refractivity contribution is 5.99. The first-order chi connectivity index (χ1) is 8.20. The van der Waals surface area contributed by atoms with Crippen LogP contribution in [0.2, 0.25) is 0 Å². The van der Waals surface area contributed by atoms with E-state index in [-0.39, 0.29) is 23.8 Å². The van der Waals surface area contributed by atoms with Crippen molar-refractivity contribution in [2.45, 2.75) is 6.92 Å². The molecule has 0 aromatic heterocycles. The number of amidine groups is 1. The standard InChI is InChI=1S/C11H15FN2O3/c1-2-16-6-7-17-9-5-3-4-8(12)10(9)11(13)14-15/h3-5,15H,2,6-7H2,1H3,(H2,13,14). The van der Waals surface area contributed by atoms with E-state index in [0.717, 1.165) is 0 Å². The molecule has 0 aliphatic rings. The average Bonchev–Trinajstić information content (AvgIpc) is 2.34. The van der Waals surface area contributed by atoms with Gasteiger partial charge in [-0.2, -0.15) is 0 Å². The molecule has 1 aromatic rings. The van der Waals surface area contributed by atoms with Gasteiger partial charge in [0.1, 0.15) is 18.2 Å². The maximum absolute atomic E-state index is 13.5. The van der Waals surface area contributed by atoms with Crippen molar-refractivity contribution in [2.75, 3.05) is 19.8 Å². The predicted octanol–water partition coefficient (Wildman–Crippen LogP) is 1.34. The third-order valence-electron chi connectivity index (χ3n) is 2.03. The van der Waals surface area contributed by atoms with Crippen molar-refractivity contribution < 1.29 is 19.1 Å². The Hall–Kier alpha value is -1.82. The van der Waals surface area contributed by atoms with E-state index in [2.05, 4.69) is 5.16 Å². The van der Waals surface area contributed by atoms with Gasteiger partial charge in [0.25, 0.3) is 0 Å². The molecule has 0 spiro atoms. The second-order valence-electron chi connectivity index (χ2n) is 3.14. The number of oxime groups is 1. The van der Waals surface area contributed by atoms with Gasteiger partial charge < -0.3 is 20.4 Å². The van der Waals surface area contributed by atoms with E-state index in [4.69, 9.17) is 20.4 Å². The molecule has 3 N–H and O–H groups in total. The second kappa shape index (κ2) is 6.70. The van der Waals surface area contributed by atoms with E-state index < -0.39 is 5.82 Å². The Morgan fingerprint density at radius 3 is 2.88 bits per heavy atom. The van der Waals surface area contributed by atoms with Gasteiger partial charge in [0.05, 0.1) is 12.2 Å². The highest BCUT2D eigenvalue weighted by atomic mass is 19.1. The van der Waals surface area contributed by atoms with Crippen LogP contribution < -0.4 is 10.5 Å². The molecule has 0 heterocycles. The SMILES string of the molecule is CCOCCOc1cccc(F)c1C(N)=NO. The van der Waals surface area contributed by atoms with E-state index in [9.17, 15) is 4.39 Å². The predicted molar refractivity (Wildman–Crippen MR) is 60.9 cm³/mol. The zero-order chi connectivity index (χ0) is 12.7. The minimum Gasteiger partial charge on any atom is -0.490 e. The average molecular weight is 242 g/mol. The van der Waals surface area contributed by atoms with E-state index in [1.54, 1.807) is 6.07 Å². The third kappa shape index (κ3) is 3.60. The molecule has 0 aliphatic heterocycles. The van der Waals surface area contributed by atoms with E-state index in [0.29, 0.717) is 13.2 Å². The first kappa shape index (κ1) is 13.2. The molecule has 0 radical (unpaired) electrons. The smallest absolute Gasteiger partial charge is 0.176 e. The lowest BCUT2D eigenvalue weighted by Gasteiger charge is -2.11. The first-order valence-corrected chi connectivity index (χ1v) is 5.17. The molecule has 0 bridgehead atoms. The largest absolute Gasteiger partial charge is 0.490 e. The summed E-state index contributed by atoms with van der Waals surface area (Å²) in [5.41, 5.74) is 5.33. The Balaban J connectivity index is 2.80. The highest BCUT2D eigenvalue weighted by Gasteiger charge is 2.13. The number of nitrogens with two attached hydrogens (primary N) is 1. The molecular formula is C11H15FN2O3. The number of hydrogen-bond acceptors (Lipinski definition) is 4. The zero-order valence-electron chi connectivity index (χ0n) is 9.52. The van der Waals surface area contributed by atoms with Crippen LogP contribution in [0.3, 0.4) is 0 Å². The number of halogens is 1. The Labute approximate surface area is 98.6 Å². The van der Waals surface area contributed by atoms with Gasteiger partial charge in [-0.05, 0) is 19.1 Å². The van der Waals surface area contributed by atoms with Crippen LogP contribution in [0.4, 0.5) is 4.39 Å². The topological polar surface area (TPSA) is 77.1 Å². The normalized spacial score (nSPS) is 11.5. The fraction of sp³-hybridized carbons (Fsp3) is 0.364. The molecule has 1 rings (SSSR count). The van der Waals surface area contributed by atoms with Crippen LogP contribution in [0.1, 0.15) is 12.5 Å². The summed E-state index contributed by atoms with van der Waals surface area (Å²) in [6, 6.07) is 4.24. The van der Waals surface area contributed by atoms with Gasteiger partial charge in [0.15, 0.2) is 5.84 Å². The fourth-order valence-corrected chi connectivity index (χ4v) is 1.28. The van der Waals surface area contributed by atoms with Crippen molar-refractivity contribution in [1.82, 2.24) is 0 Å². The monoisotopic (exact) mass is 242 g/mol. The number of ether oxygens (including phenoxy) is 2. The summed E-state index contributed by atoms with van der Waals surface area (Å²) in [6.45, 7) is 3.11. The Morgan fingerprint density at radius 1 is 1.47 bits per heavy atom. The van der Waals surface area contributed by atoms with Gasteiger partial charge >= 0.3 is 0 Å². The summed E-state index contributed by atoms with van der Waals surface area (Å²) in [5, 5.41) is 11.3. The molecule has 0 aliphatic carbocycles. The zero-order valence-corrected chi connectivity index (χ0v) is 9.52. The Morgan fingerprint density at radius 2 is 2.24 bits per heavy atom. The molecule has 94 valence electrons. The molecule has 0 amide bonds. The third-order valence-corrected chi connectivity index (χ3v) is 2.03. The van der Waals surface area contributed by atoms with Gasteiger partial charge in [0.2, 0.25) is 0 Å². The molecule has 0 atom stereocenters. The van der Waals surface area contributed by atoms with E-state index in [1.807, 2.05) is 6.92 Å². The molecule has 6 heteroatoms. The van der Waals surface area contributed by atoms with Crippen molar-refractivity contribution >= 4 is 5.84 Å². The molecule has 0 saturated carbocycles. The van der Waals surface area contributed by atoms with Gasteiger partial charge in [-0.1, -0.05) is 11.2 Å². The van der Waals surface area contributed by atoms with Gasteiger partial charge in [-0.25, -0.2) is 4.39 Å². The summed E-state index contributed by atoms with van der Waals surface area (Å²) in [4.78, 5) is 0. The van der Waals surface area contributed by atoms with Crippen LogP contribution in [0, 0.1) is 5.82 Å². The lowest BCUT2D eigenvalue weighted by Crippen LogP contribution is -2.18. The van der Waals surface area contributed by atoms with Crippen LogP contribution in [0.15, 0.2) is 23.4 Å². The minimum absolute atomic E-state index is 0.0495. The van der Waals surface area contributed by atoms with Crippen molar-refractivity contribution in [3.05, 3.63) is 29.6 Å². The van der Waals surface area contributed by atoms with E-state index >= 15 is 0 Å². The van der Waals surface area contributed by atoms with Crippen molar-refractivity contribution in [3.63, 3.8) is 0 Å². The van der Waals surface area contributed by atoms with Crippen LogP contribution >= 0.6 is 0 Å². The van der Waals surface area contributed by atoms with Gasteiger partial charge in [0, 0.05) is 6.61 Å². The van der Waals surface area contributed by atoms with Gasteiger partial charge in [-0.3, -0.25) is 0 Å². The summed E-state index contributed by atoms with van der Waals surface area (Å²) in [7, 11) is 0. The number of nitrogens with zero attached hydrogens (tertiary/aromatic N) is 1. The molecule has 0 saturated heterocycles. The maximum Gasteiger partial charge on any atom is 0.176 e. The quantitative estimate of drug-likeness (QED) is 0.259. The number of rotatable bonds is 6. The number of benzene rings is 1. The van der Waals surface area contributed by atoms with Crippen molar-refractivity contribution in [3.8, 4) is 5.75 Å². The van der Waals surface area contributed by atoms with Crippen LogP contribution in [-0.2, 0) is 4.74 Å². The van der Waals surface area contributed by atoms with Crippen LogP contribution in [0.5, 0.6) is 5.75 Å².